The third kappa shape index (κ3) is 5.17. The quantitative estimate of drug-likeness (QED) is 0.583. The highest BCUT2D eigenvalue weighted by Gasteiger charge is 2.04. The summed E-state index contributed by atoms with van der Waals surface area (Å²) in [5.74, 6) is 0. The minimum atomic E-state index is -3.54. The van der Waals surface area contributed by atoms with Crippen molar-refractivity contribution in [3.63, 3.8) is 0 Å². The number of nitrogens with one attached hydrogen (secondary N) is 2. The van der Waals surface area contributed by atoms with Gasteiger partial charge in [0.15, 0.2) is 0 Å². The Morgan fingerprint density at radius 3 is 1.75 bits per heavy atom. The van der Waals surface area contributed by atoms with Crippen LogP contribution in [0.5, 0.6) is 0 Å². The van der Waals surface area contributed by atoms with Gasteiger partial charge in [-0.25, -0.2) is 13.6 Å². The molecule has 0 saturated carbocycles. The van der Waals surface area contributed by atoms with Crippen LogP contribution in [0, 0.1) is 0 Å². The van der Waals surface area contributed by atoms with E-state index in [1.165, 1.54) is 24.5 Å². The van der Waals surface area contributed by atoms with Crippen LogP contribution in [0.3, 0.4) is 0 Å². The van der Waals surface area contributed by atoms with Crippen molar-refractivity contribution < 1.29 is 8.42 Å². The number of hydrogen-bond donors (Lipinski definition) is 3. The van der Waals surface area contributed by atoms with Crippen LogP contribution in [0.1, 0.15) is 0 Å². The average molecular weight is 244 g/mol. The van der Waals surface area contributed by atoms with E-state index >= 15 is 0 Å². The van der Waals surface area contributed by atoms with Crippen LogP contribution in [0.25, 0.3) is 0 Å². The fourth-order valence-electron chi connectivity index (χ4n) is 1.13. The molecule has 1 aliphatic rings. The first-order chi connectivity index (χ1) is 7.61. The van der Waals surface area contributed by atoms with Gasteiger partial charge >= 0.3 is 0 Å². The molecule has 1 aromatic rings. The number of primary sulfonamides is 1. The molecule has 0 unspecified atom stereocenters. The van der Waals surface area contributed by atoms with E-state index in [2.05, 4.69) is 15.6 Å². The summed E-state index contributed by atoms with van der Waals surface area (Å²) in [6.07, 6.45) is 2.75. The van der Waals surface area contributed by atoms with Crippen LogP contribution in [0.2, 0.25) is 0 Å². The lowest BCUT2D eigenvalue weighted by molar-refractivity contribution is 0.534. The largest absolute Gasteiger partial charge is 0.314 e. The molecule has 0 radical (unpaired) electrons. The summed E-state index contributed by atoms with van der Waals surface area (Å²) in [4.78, 5) is 3.72. The Balaban J connectivity index is 0.000000181. The number of aromatic nitrogens is 1. The van der Waals surface area contributed by atoms with Crippen LogP contribution < -0.4 is 15.8 Å². The van der Waals surface area contributed by atoms with E-state index in [4.69, 9.17) is 5.14 Å². The molecule has 0 amide bonds. The Kier molecular flexibility index (Phi) is 5.33. The van der Waals surface area contributed by atoms with Gasteiger partial charge in [0, 0.05) is 38.6 Å². The monoisotopic (exact) mass is 244 g/mol. The summed E-state index contributed by atoms with van der Waals surface area (Å²) >= 11 is 0. The van der Waals surface area contributed by atoms with E-state index < -0.39 is 10.0 Å². The van der Waals surface area contributed by atoms with Crippen LogP contribution in [0.4, 0.5) is 0 Å². The third-order valence-corrected chi connectivity index (χ3v) is 2.86. The van der Waals surface area contributed by atoms with Crippen molar-refractivity contribution >= 4 is 10.0 Å². The van der Waals surface area contributed by atoms with Gasteiger partial charge in [-0.3, -0.25) is 4.98 Å². The molecule has 4 N–H and O–H groups in total. The normalized spacial score (nSPS) is 16.1. The highest BCUT2D eigenvalue weighted by molar-refractivity contribution is 7.89. The molecule has 7 heteroatoms. The Morgan fingerprint density at radius 2 is 1.50 bits per heavy atom. The lowest BCUT2D eigenvalue weighted by Gasteiger charge is -2.11. The van der Waals surface area contributed by atoms with Gasteiger partial charge in [-0.1, -0.05) is 0 Å². The molecular weight excluding hydrogens is 228 g/mol. The van der Waals surface area contributed by atoms with Gasteiger partial charge in [-0.15, -0.1) is 0 Å². The Hall–Kier alpha value is -1.02. The van der Waals surface area contributed by atoms with E-state index in [9.17, 15) is 8.42 Å². The van der Waals surface area contributed by atoms with Crippen LogP contribution in [0.15, 0.2) is 29.4 Å². The lowest BCUT2D eigenvalue weighted by atomic mass is 10.4. The highest BCUT2D eigenvalue weighted by atomic mass is 32.2. The van der Waals surface area contributed by atoms with Gasteiger partial charge in [0.1, 0.15) is 0 Å². The number of rotatable bonds is 1. The van der Waals surface area contributed by atoms with Gasteiger partial charge in [0.25, 0.3) is 0 Å². The van der Waals surface area contributed by atoms with Crippen molar-refractivity contribution in [1.29, 1.82) is 0 Å². The molecule has 90 valence electrons. The maximum Gasteiger partial charge on any atom is 0.238 e. The van der Waals surface area contributed by atoms with Crippen molar-refractivity contribution in [2.45, 2.75) is 4.90 Å². The zero-order valence-electron chi connectivity index (χ0n) is 8.89. The molecule has 0 aromatic carbocycles. The topological polar surface area (TPSA) is 97.1 Å². The molecule has 1 saturated heterocycles. The second-order valence-corrected chi connectivity index (χ2v) is 4.79. The summed E-state index contributed by atoms with van der Waals surface area (Å²) in [6.45, 7) is 4.56. The molecule has 2 rings (SSSR count). The number of pyridine rings is 1. The Bertz CT molecular complexity index is 378. The number of nitrogens with two attached hydrogens (primary N) is 1. The standard InChI is InChI=1S/C5H6N2O2S.C4H10N2/c6-10(8,9)5-1-3-7-4-2-5;1-2-6-4-3-5-1/h1-4H,(H2,6,8,9);5-6H,1-4H2. The summed E-state index contributed by atoms with van der Waals surface area (Å²) < 4.78 is 21.2. The molecule has 1 aromatic heterocycles. The smallest absolute Gasteiger partial charge is 0.238 e. The first-order valence-electron chi connectivity index (χ1n) is 4.95. The summed E-state index contributed by atoms with van der Waals surface area (Å²) in [5, 5.41) is 11.2. The van der Waals surface area contributed by atoms with Crippen molar-refractivity contribution in [1.82, 2.24) is 15.6 Å². The average Bonchev–Trinajstić information content (AvgIpc) is 2.32. The molecule has 16 heavy (non-hydrogen) atoms. The molecule has 1 aliphatic heterocycles. The minimum absolute atomic E-state index is 0.0856. The van der Waals surface area contributed by atoms with Gasteiger partial charge in [0.2, 0.25) is 10.0 Å². The van der Waals surface area contributed by atoms with Gasteiger partial charge in [-0.05, 0) is 12.1 Å². The predicted molar refractivity (Wildman–Crippen MR) is 61.3 cm³/mol. The number of hydrogen-bond acceptors (Lipinski definition) is 5. The summed E-state index contributed by atoms with van der Waals surface area (Å²) in [7, 11) is -3.54. The molecule has 1 fully saturated rings. The lowest BCUT2D eigenvalue weighted by Crippen LogP contribution is -2.39. The first kappa shape index (κ1) is 13.0. The van der Waals surface area contributed by atoms with E-state index in [-0.39, 0.29) is 4.90 Å². The fraction of sp³-hybridized carbons (Fsp3) is 0.444. The maximum absolute atomic E-state index is 10.6. The number of piperazine rings is 1. The highest BCUT2D eigenvalue weighted by Crippen LogP contribution is 2.01. The van der Waals surface area contributed by atoms with Crippen molar-refractivity contribution in [3.05, 3.63) is 24.5 Å². The molecule has 0 atom stereocenters. The third-order valence-electron chi connectivity index (χ3n) is 1.94. The molecular formula is C9H16N4O2S. The van der Waals surface area contributed by atoms with E-state index in [0.29, 0.717) is 0 Å². The van der Waals surface area contributed by atoms with E-state index in [0.717, 1.165) is 26.2 Å². The predicted octanol–water partition coefficient (Wildman–Crippen LogP) is -1.09. The number of sulfonamides is 1. The second-order valence-electron chi connectivity index (χ2n) is 3.23. The summed E-state index contributed by atoms with van der Waals surface area (Å²) in [5.41, 5.74) is 0. The molecule has 0 spiro atoms. The van der Waals surface area contributed by atoms with Crippen LogP contribution in [-0.4, -0.2) is 39.6 Å². The molecule has 0 bridgehead atoms. The van der Waals surface area contributed by atoms with Crippen LogP contribution in [-0.2, 0) is 10.0 Å². The Morgan fingerprint density at radius 1 is 1.06 bits per heavy atom. The van der Waals surface area contributed by atoms with Crippen molar-refractivity contribution in [2.75, 3.05) is 26.2 Å². The zero-order valence-corrected chi connectivity index (χ0v) is 9.70. The Labute approximate surface area is 95.3 Å². The minimum Gasteiger partial charge on any atom is -0.314 e. The zero-order chi connectivity index (χ0) is 11.9. The number of nitrogens with zero attached hydrogens (tertiary/aromatic N) is 1. The molecule has 2 heterocycles. The maximum atomic E-state index is 10.6. The first-order valence-corrected chi connectivity index (χ1v) is 6.49. The van der Waals surface area contributed by atoms with E-state index in [1.807, 2.05) is 0 Å². The van der Waals surface area contributed by atoms with Crippen LogP contribution >= 0.6 is 0 Å². The summed E-state index contributed by atoms with van der Waals surface area (Å²) in [6, 6.07) is 2.69. The molecule has 6 nitrogen and oxygen atoms in total. The fourth-order valence-corrected chi connectivity index (χ4v) is 1.63. The van der Waals surface area contributed by atoms with E-state index in [1.54, 1.807) is 0 Å². The van der Waals surface area contributed by atoms with Gasteiger partial charge in [0.05, 0.1) is 4.90 Å². The van der Waals surface area contributed by atoms with Crippen molar-refractivity contribution in [2.24, 2.45) is 5.14 Å². The van der Waals surface area contributed by atoms with Crippen molar-refractivity contribution in [3.8, 4) is 0 Å². The molecule has 0 aliphatic carbocycles. The van der Waals surface area contributed by atoms with Gasteiger partial charge < -0.3 is 10.6 Å². The second kappa shape index (κ2) is 6.54. The van der Waals surface area contributed by atoms with Gasteiger partial charge in [-0.2, -0.15) is 0 Å². The SMILES string of the molecule is C1CNCCN1.NS(=O)(=O)c1ccncc1.